The number of carbonyl (C=O) groups excluding carboxylic acids is 1. The van der Waals surface area contributed by atoms with Gasteiger partial charge >= 0.3 is 6.09 Å². The monoisotopic (exact) mass is 386 g/mol. The molecule has 22 heavy (non-hydrogen) atoms. The maximum atomic E-state index is 11.8. The van der Waals surface area contributed by atoms with Crippen LogP contribution in [0.15, 0.2) is 22.1 Å². The maximum absolute atomic E-state index is 11.8. The molecule has 2 aromatic heterocycles. The topological polar surface area (TPSA) is 79.0 Å². The van der Waals surface area contributed by atoms with E-state index in [-0.39, 0.29) is 0 Å². The summed E-state index contributed by atoms with van der Waals surface area (Å²) in [5.74, 6) is 0.550. The molecule has 0 radical (unpaired) electrons. The number of hydrogen-bond donors (Lipinski definition) is 3. The van der Waals surface area contributed by atoms with E-state index in [1.165, 1.54) is 4.88 Å². The second kappa shape index (κ2) is 7.26. The summed E-state index contributed by atoms with van der Waals surface area (Å²) in [5, 5.41) is 12.7. The summed E-state index contributed by atoms with van der Waals surface area (Å²) in [7, 11) is 0. The number of amides is 1. The van der Waals surface area contributed by atoms with E-state index in [2.05, 4.69) is 42.8 Å². The number of aromatic amines is 1. The van der Waals surface area contributed by atoms with Crippen LogP contribution in [0.2, 0.25) is 0 Å². The van der Waals surface area contributed by atoms with Gasteiger partial charge in [-0.15, -0.1) is 11.3 Å². The molecular formula is C14H19BrN4O2S. The largest absolute Gasteiger partial charge is 0.444 e. The van der Waals surface area contributed by atoms with Crippen molar-refractivity contribution in [2.75, 3.05) is 5.32 Å². The average molecular weight is 387 g/mol. The summed E-state index contributed by atoms with van der Waals surface area (Å²) in [6.07, 6.45) is 1.18. The predicted molar refractivity (Wildman–Crippen MR) is 91.0 cm³/mol. The lowest BCUT2D eigenvalue weighted by Gasteiger charge is -2.19. The molecule has 2 heterocycles. The normalized spacial score (nSPS) is 11.5. The molecule has 0 aliphatic carbocycles. The first-order valence-corrected chi connectivity index (χ1v) is 8.41. The molecule has 3 N–H and O–H groups in total. The lowest BCUT2D eigenvalue weighted by molar-refractivity contribution is 0.0635. The van der Waals surface area contributed by atoms with Gasteiger partial charge in [0.25, 0.3) is 0 Å². The average Bonchev–Trinajstić information content (AvgIpc) is 2.97. The molecule has 0 aliphatic heterocycles. The highest BCUT2D eigenvalue weighted by molar-refractivity contribution is 9.11. The molecule has 120 valence electrons. The molecule has 2 aromatic rings. The zero-order valence-electron chi connectivity index (χ0n) is 12.7. The van der Waals surface area contributed by atoms with Crippen molar-refractivity contribution >= 4 is 39.2 Å². The third kappa shape index (κ3) is 5.43. The lowest BCUT2D eigenvalue weighted by atomic mass is 10.2. The molecule has 0 aromatic carbocycles. The molecule has 0 bridgehead atoms. The van der Waals surface area contributed by atoms with Gasteiger partial charge in [0, 0.05) is 23.5 Å². The van der Waals surface area contributed by atoms with Crippen molar-refractivity contribution in [3.05, 3.63) is 32.6 Å². The van der Waals surface area contributed by atoms with Crippen LogP contribution in [-0.2, 0) is 17.8 Å². The molecule has 6 nitrogen and oxygen atoms in total. The van der Waals surface area contributed by atoms with E-state index < -0.39 is 11.7 Å². The fourth-order valence-electron chi connectivity index (χ4n) is 1.73. The minimum atomic E-state index is -0.533. The second-order valence-corrected chi connectivity index (χ2v) is 8.25. The number of rotatable bonds is 5. The Morgan fingerprint density at radius 2 is 2.18 bits per heavy atom. The number of ether oxygens (including phenoxy) is 1. The Kier molecular flexibility index (Phi) is 5.60. The minimum Gasteiger partial charge on any atom is -0.444 e. The number of H-pyrrole nitrogens is 1. The van der Waals surface area contributed by atoms with Gasteiger partial charge in [-0.3, -0.25) is 10.4 Å². The third-order valence-corrected chi connectivity index (χ3v) is 4.21. The van der Waals surface area contributed by atoms with Gasteiger partial charge in [-0.1, -0.05) is 0 Å². The van der Waals surface area contributed by atoms with Gasteiger partial charge in [-0.05, 0) is 48.8 Å². The van der Waals surface area contributed by atoms with Crippen LogP contribution in [0.1, 0.15) is 31.2 Å². The van der Waals surface area contributed by atoms with Crippen LogP contribution in [0.4, 0.5) is 10.6 Å². The molecule has 1 amide bonds. The van der Waals surface area contributed by atoms with E-state index in [1.807, 2.05) is 26.8 Å². The van der Waals surface area contributed by atoms with Crippen LogP contribution < -0.4 is 10.6 Å². The van der Waals surface area contributed by atoms with Crippen molar-refractivity contribution in [3.8, 4) is 0 Å². The van der Waals surface area contributed by atoms with Gasteiger partial charge in [-0.25, -0.2) is 4.79 Å². The van der Waals surface area contributed by atoms with Crippen molar-refractivity contribution < 1.29 is 9.53 Å². The van der Waals surface area contributed by atoms with Crippen LogP contribution in [0.3, 0.4) is 0 Å². The van der Waals surface area contributed by atoms with E-state index in [1.54, 1.807) is 17.5 Å². The van der Waals surface area contributed by atoms with Crippen LogP contribution in [0.5, 0.6) is 0 Å². The second-order valence-electron chi connectivity index (χ2n) is 5.71. The van der Waals surface area contributed by atoms with E-state index in [9.17, 15) is 4.79 Å². The van der Waals surface area contributed by atoms with Crippen molar-refractivity contribution in [2.45, 2.75) is 39.5 Å². The number of nitrogens with zero attached hydrogens (tertiary/aromatic N) is 1. The maximum Gasteiger partial charge on any atom is 0.413 e. The van der Waals surface area contributed by atoms with E-state index >= 15 is 0 Å². The summed E-state index contributed by atoms with van der Waals surface area (Å²) < 4.78 is 6.33. The number of nitrogens with one attached hydrogen (secondary N) is 3. The summed E-state index contributed by atoms with van der Waals surface area (Å²) in [5.41, 5.74) is 0.344. The Morgan fingerprint density at radius 3 is 2.82 bits per heavy atom. The molecule has 0 saturated heterocycles. The number of halogens is 1. The van der Waals surface area contributed by atoms with Crippen LogP contribution in [0.25, 0.3) is 0 Å². The number of aromatic nitrogens is 2. The number of anilines is 1. The Labute approximate surface area is 141 Å². The first kappa shape index (κ1) is 17.0. The Morgan fingerprint density at radius 1 is 1.41 bits per heavy atom. The predicted octanol–water partition coefficient (Wildman–Crippen LogP) is 3.87. The highest BCUT2D eigenvalue weighted by Crippen LogP contribution is 2.22. The number of thiophene rings is 1. The molecule has 8 heteroatoms. The molecule has 0 atom stereocenters. The van der Waals surface area contributed by atoms with Crippen molar-refractivity contribution in [3.63, 3.8) is 0 Å². The SMILES string of the molecule is CC(C)(C)OC(=O)Nc1[nH]ncc1CNCc1ccc(Br)s1. The van der Waals surface area contributed by atoms with Gasteiger partial charge in [-0.2, -0.15) is 5.10 Å². The lowest BCUT2D eigenvalue weighted by Crippen LogP contribution is -2.27. The van der Waals surface area contributed by atoms with Gasteiger partial charge in [0.1, 0.15) is 11.4 Å². The van der Waals surface area contributed by atoms with E-state index in [0.29, 0.717) is 12.4 Å². The Bertz CT molecular complexity index is 633. The van der Waals surface area contributed by atoms with Gasteiger partial charge in [0.15, 0.2) is 0 Å². The summed E-state index contributed by atoms with van der Waals surface area (Å²) >= 11 is 5.13. The standard InChI is InChI=1S/C14H19BrN4O2S/c1-14(2,3)21-13(20)18-12-9(7-17-19-12)6-16-8-10-4-5-11(15)22-10/h4-5,7,16H,6,8H2,1-3H3,(H2,17,18,19,20). The first-order valence-electron chi connectivity index (χ1n) is 6.80. The molecule has 0 fully saturated rings. The van der Waals surface area contributed by atoms with Gasteiger partial charge in [0.2, 0.25) is 0 Å². The molecule has 0 aliphatic rings. The van der Waals surface area contributed by atoms with Crippen LogP contribution in [-0.4, -0.2) is 21.9 Å². The van der Waals surface area contributed by atoms with Gasteiger partial charge in [0.05, 0.1) is 9.98 Å². The molecule has 0 spiro atoms. The fraction of sp³-hybridized carbons (Fsp3) is 0.429. The van der Waals surface area contributed by atoms with E-state index in [0.717, 1.165) is 15.9 Å². The number of hydrogen-bond acceptors (Lipinski definition) is 5. The van der Waals surface area contributed by atoms with Gasteiger partial charge < -0.3 is 10.1 Å². The van der Waals surface area contributed by atoms with Crippen LogP contribution in [0, 0.1) is 0 Å². The first-order chi connectivity index (χ1) is 10.3. The van der Waals surface area contributed by atoms with Crippen molar-refractivity contribution in [2.24, 2.45) is 0 Å². The summed E-state index contributed by atoms with van der Waals surface area (Å²) in [6.45, 7) is 6.81. The highest BCUT2D eigenvalue weighted by atomic mass is 79.9. The van der Waals surface area contributed by atoms with Crippen molar-refractivity contribution in [1.29, 1.82) is 0 Å². The summed E-state index contributed by atoms with van der Waals surface area (Å²) in [6, 6.07) is 4.09. The molecule has 2 rings (SSSR count). The van der Waals surface area contributed by atoms with Crippen molar-refractivity contribution in [1.82, 2.24) is 15.5 Å². The highest BCUT2D eigenvalue weighted by Gasteiger charge is 2.17. The minimum absolute atomic E-state index is 0.500. The summed E-state index contributed by atoms with van der Waals surface area (Å²) in [4.78, 5) is 13.0. The molecule has 0 unspecified atom stereocenters. The zero-order valence-corrected chi connectivity index (χ0v) is 15.1. The number of carbonyl (C=O) groups is 1. The van der Waals surface area contributed by atoms with E-state index in [4.69, 9.17) is 4.74 Å². The third-order valence-electron chi connectivity index (χ3n) is 2.59. The smallest absolute Gasteiger partial charge is 0.413 e. The Hall–Kier alpha value is -1.38. The van der Waals surface area contributed by atoms with Crippen LogP contribution >= 0.6 is 27.3 Å². The fourth-order valence-corrected chi connectivity index (χ4v) is 3.18. The quantitative estimate of drug-likeness (QED) is 0.728. The Balaban J connectivity index is 1.85. The molecular weight excluding hydrogens is 368 g/mol. The molecule has 0 saturated carbocycles. The zero-order chi connectivity index (χ0) is 16.2.